The highest BCUT2D eigenvalue weighted by Gasteiger charge is 2.24. The first-order valence-electron chi connectivity index (χ1n) is 7.64. The minimum Gasteiger partial charge on any atom is -0.348 e. The molecule has 1 aliphatic carbocycles. The average molecular weight is 349 g/mol. The van der Waals surface area contributed by atoms with Crippen LogP contribution in [0.4, 0.5) is 0 Å². The average Bonchev–Trinajstić information content (AvgIpc) is 3.08. The summed E-state index contributed by atoms with van der Waals surface area (Å²) in [6.07, 6.45) is 7.73. The minimum atomic E-state index is -0.340. The Morgan fingerprint density at radius 3 is 3.09 bits per heavy atom. The number of nitriles is 1. The van der Waals surface area contributed by atoms with Crippen LogP contribution < -0.4 is 5.32 Å². The first-order valence-corrected chi connectivity index (χ1v) is 8.89. The van der Waals surface area contributed by atoms with E-state index in [1.807, 2.05) is 17.6 Å². The third-order valence-corrected chi connectivity index (χ3v) is 5.36. The molecule has 0 aromatic carbocycles. The summed E-state index contributed by atoms with van der Waals surface area (Å²) < 4.78 is 1.78. The molecule has 120 valence electrons. The highest BCUT2D eigenvalue weighted by molar-refractivity contribution is 7.15. The lowest BCUT2D eigenvalue weighted by Gasteiger charge is -2.29. The van der Waals surface area contributed by atoms with Crippen molar-refractivity contribution in [2.24, 2.45) is 5.92 Å². The van der Waals surface area contributed by atoms with Gasteiger partial charge in [0.2, 0.25) is 0 Å². The summed E-state index contributed by atoms with van der Waals surface area (Å²) in [5, 5.41) is 14.5. The van der Waals surface area contributed by atoms with Gasteiger partial charge in [-0.3, -0.25) is 9.20 Å². The fourth-order valence-corrected chi connectivity index (χ4v) is 3.96. The van der Waals surface area contributed by atoms with Crippen LogP contribution in [0.5, 0.6) is 0 Å². The molecule has 3 rings (SSSR count). The van der Waals surface area contributed by atoms with E-state index in [1.54, 1.807) is 4.40 Å². The molecule has 1 fully saturated rings. The third-order valence-electron chi connectivity index (χ3n) is 4.33. The number of carbonyl (C=O) groups excluding carboxylic acids is 1. The van der Waals surface area contributed by atoms with Crippen molar-refractivity contribution in [1.29, 1.82) is 5.26 Å². The molecule has 0 spiro atoms. The Bertz CT molecular complexity index is 801. The minimum absolute atomic E-state index is 0.0534. The smallest absolute Gasteiger partial charge is 0.262 e. The molecule has 0 bridgehead atoms. The SMILES string of the molecule is C[C@H]1CCCC[C@@H]1NC(=O)/C(C#N)=C/c1c(Cl)nc2sccn12. The maximum atomic E-state index is 12.4. The van der Waals surface area contributed by atoms with Crippen molar-refractivity contribution in [2.75, 3.05) is 0 Å². The zero-order chi connectivity index (χ0) is 16.4. The quantitative estimate of drug-likeness (QED) is 0.679. The zero-order valence-electron chi connectivity index (χ0n) is 12.8. The number of fused-ring (bicyclic) bond motifs is 1. The van der Waals surface area contributed by atoms with Gasteiger partial charge in [-0.15, -0.1) is 11.3 Å². The van der Waals surface area contributed by atoms with Crippen molar-refractivity contribution in [1.82, 2.24) is 14.7 Å². The number of nitrogens with zero attached hydrogens (tertiary/aromatic N) is 3. The van der Waals surface area contributed by atoms with Crippen LogP contribution in [0.15, 0.2) is 17.2 Å². The number of carbonyl (C=O) groups is 1. The molecule has 2 aromatic heterocycles. The van der Waals surface area contributed by atoms with Gasteiger partial charge in [0.15, 0.2) is 10.1 Å². The van der Waals surface area contributed by atoms with E-state index in [-0.39, 0.29) is 17.5 Å². The van der Waals surface area contributed by atoms with Gasteiger partial charge in [0, 0.05) is 17.6 Å². The lowest BCUT2D eigenvalue weighted by atomic mass is 9.86. The number of rotatable bonds is 3. The highest BCUT2D eigenvalue weighted by Crippen LogP contribution is 2.25. The molecular formula is C16H17ClN4OS. The van der Waals surface area contributed by atoms with Crippen LogP contribution in [0, 0.1) is 17.2 Å². The maximum Gasteiger partial charge on any atom is 0.262 e. The van der Waals surface area contributed by atoms with Gasteiger partial charge in [0.25, 0.3) is 5.91 Å². The van der Waals surface area contributed by atoms with Crippen LogP contribution in [0.2, 0.25) is 5.15 Å². The molecule has 1 N–H and O–H groups in total. The van der Waals surface area contributed by atoms with Crippen molar-refractivity contribution in [3.63, 3.8) is 0 Å². The number of nitrogens with one attached hydrogen (secondary N) is 1. The molecule has 0 aliphatic heterocycles. The maximum absolute atomic E-state index is 12.4. The number of aromatic nitrogens is 2. The Morgan fingerprint density at radius 2 is 2.35 bits per heavy atom. The number of thiazole rings is 1. The topological polar surface area (TPSA) is 70.2 Å². The van der Waals surface area contributed by atoms with Crippen molar-refractivity contribution in [2.45, 2.75) is 38.6 Å². The van der Waals surface area contributed by atoms with Crippen LogP contribution >= 0.6 is 22.9 Å². The first-order chi connectivity index (χ1) is 11.1. The van der Waals surface area contributed by atoms with Crippen LogP contribution in [-0.4, -0.2) is 21.3 Å². The summed E-state index contributed by atoms with van der Waals surface area (Å²) in [6, 6.07) is 2.12. The highest BCUT2D eigenvalue weighted by atomic mass is 35.5. The summed E-state index contributed by atoms with van der Waals surface area (Å²) in [5.41, 5.74) is 0.615. The van der Waals surface area contributed by atoms with Crippen LogP contribution in [0.3, 0.4) is 0 Å². The van der Waals surface area contributed by atoms with Crippen molar-refractivity contribution >= 4 is 39.9 Å². The van der Waals surface area contributed by atoms with E-state index in [0.717, 1.165) is 24.2 Å². The van der Waals surface area contributed by atoms with Gasteiger partial charge in [-0.1, -0.05) is 31.4 Å². The van der Waals surface area contributed by atoms with Gasteiger partial charge in [0.1, 0.15) is 11.6 Å². The Balaban J connectivity index is 1.84. The molecule has 1 aliphatic rings. The number of hydrogen-bond donors (Lipinski definition) is 1. The molecule has 5 nitrogen and oxygen atoms in total. The van der Waals surface area contributed by atoms with Crippen LogP contribution in [-0.2, 0) is 4.79 Å². The van der Waals surface area contributed by atoms with Gasteiger partial charge < -0.3 is 5.32 Å². The van der Waals surface area contributed by atoms with Gasteiger partial charge in [-0.05, 0) is 24.8 Å². The Labute approximate surface area is 143 Å². The monoisotopic (exact) mass is 348 g/mol. The summed E-state index contributed by atoms with van der Waals surface area (Å²) in [7, 11) is 0. The molecule has 1 amide bonds. The number of imidazole rings is 1. The second-order valence-electron chi connectivity index (χ2n) is 5.85. The van der Waals surface area contributed by atoms with E-state index in [4.69, 9.17) is 11.6 Å². The van der Waals surface area contributed by atoms with Gasteiger partial charge in [0.05, 0.1) is 5.69 Å². The molecule has 2 aromatic rings. The Hall–Kier alpha value is -1.84. The lowest BCUT2D eigenvalue weighted by Crippen LogP contribution is -2.41. The molecular weight excluding hydrogens is 332 g/mol. The van der Waals surface area contributed by atoms with E-state index in [9.17, 15) is 10.1 Å². The van der Waals surface area contributed by atoms with Crippen molar-refractivity contribution in [3.05, 3.63) is 28.0 Å². The van der Waals surface area contributed by atoms with E-state index < -0.39 is 0 Å². The van der Waals surface area contributed by atoms with E-state index in [1.165, 1.54) is 23.8 Å². The summed E-state index contributed by atoms with van der Waals surface area (Å²) >= 11 is 7.57. The second-order valence-corrected chi connectivity index (χ2v) is 7.09. The Morgan fingerprint density at radius 1 is 1.57 bits per heavy atom. The van der Waals surface area contributed by atoms with Gasteiger partial charge in [-0.25, -0.2) is 4.98 Å². The fourth-order valence-electron chi connectivity index (χ4n) is 2.97. The molecule has 2 heterocycles. The molecule has 0 saturated heterocycles. The predicted molar refractivity (Wildman–Crippen MR) is 91.2 cm³/mol. The van der Waals surface area contributed by atoms with Crippen molar-refractivity contribution in [3.8, 4) is 6.07 Å². The van der Waals surface area contributed by atoms with Gasteiger partial charge in [-0.2, -0.15) is 5.26 Å². The standard InChI is InChI=1S/C16H17ClN4OS/c1-10-4-2-3-5-12(10)19-15(22)11(9-18)8-13-14(17)20-16-21(13)6-7-23-16/h6-8,10,12H,2-5H2,1H3,(H,19,22)/b11-8+/t10-,12-/m0/s1. The van der Waals surface area contributed by atoms with E-state index in [0.29, 0.717) is 16.8 Å². The third kappa shape index (κ3) is 3.26. The normalized spacial score (nSPS) is 22.0. The van der Waals surface area contributed by atoms with Gasteiger partial charge >= 0.3 is 0 Å². The molecule has 2 atom stereocenters. The zero-order valence-corrected chi connectivity index (χ0v) is 14.3. The molecule has 0 unspecified atom stereocenters. The van der Waals surface area contributed by atoms with E-state index >= 15 is 0 Å². The Kier molecular flexibility index (Phi) is 4.69. The van der Waals surface area contributed by atoms with Crippen molar-refractivity contribution < 1.29 is 4.79 Å². The van der Waals surface area contributed by atoms with Crippen LogP contribution in [0.25, 0.3) is 11.0 Å². The summed E-state index contributed by atoms with van der Waals surface area (Å²) in [5.74, 6) is 0.0993. The summed E-state index contributed by atoms with van der Waals surface area (Å²) in [4.78, 5) is 17.4. The molecule has 23 heavy (non-hydrogen) atoms. The predicted octanol–water partition coefficient (Wildman–Crippen LogP) is 3.65. The largest absolute Gasteiger partial charge is 0.348 e. The first kappa shape index (κ1) is 16.0. The summed E-state index contributed by atoms with van der Waals surface area (Å²) in [6.45, 7) is 2.14. The van der Waals surface area contributed by atoms with Crippen LogP contribution in [0.1, 0.15) is 38.3 Å². The fraction of sp³-hybridized carbons (Fsp3) is 0.438. The number of halogens is 1. The molecule has 1 saturated carbocycles. The number of hydrogen-bond acceptors (Lipinski definition) is 4. The van der Waals surface area contributed by atoms with E-state index in [2.05, 4.69) is 17.2 Å². The lowest BCUT2D eigenvalue weighted by molar-refractivity contribution is -0.118. The molecule has 0 radical (unpaired) electrons. The molecule has 7 heteroatoms. The number of amides is 1. The second kappa shape index (κ2) is 6.73.